The summed E-state index contributed by atoms with van der Waals surface area (Å²) in [6, 6.07) is 7.92. The van der Waals surface area contributed by atoms with Gasteiger partial charge in [0.1, 0.15) is 0 Å². The smallest absolute Gasteiger partial charge is 0.319 e. The topological polar surface area (TPSA) is 53.6 Å². The Balaban J connectivity index is 1.51. The number of ether oxygens (including phenoxy) is 1. The highest BCUT2D eigenvalue weighted by molar-refractivity contribution is 5.90. The SMILES string of the molecule is O=C(NC[C@@H]1CC=CCC1)Nc1ccccc1CN1CCOCC1. The second-order valence-corrected chi connectivity index (χ2v) is 6.53. The zero-order valence-electron chi connectivity index (χ0n) is 14.2. The molecule has 24 heavy (non-hydrogen) atoms. The number of carbonyl (C=O) groups is 1. The quantitative estimate of drug-likeness (QED) is 0.817. The number of urea groups is 1. The second kappa shape index (κ2) is 8.85. The molecule has 1 aromatic carbocycles. The molecule has 1 aliphatic heterocycles. The molecule has 3 rings (SSSR count). The van der Waals surface area contributed by atoms with Gasteiger partial charge in [-0.25, -0.2) is 4.79 Å². The van der Waals surface area contributed by atoms with E-state index >= 15 is 0 Å². The van der Waals surface area contributed by atoms with E-state index in [1.807, 2.05) is 18.2 Å². The van der Waals surface area contributed by atoms with Crippen LogP contribution in [-0.4, -0.2) is 43.8 Å². The summed E-state index contributed by atoms with van der Waals surface area (Å²) in [7, 11) is 0. The van der Waals surface area contributed by atoms with Crippen molar-refractivity contribution in [2.24, 2.45) is 5.92 Å². The van der Waals surface area contributed by atoms with Gasteiger partial charge in [0.25, 0.3) is 0 Å². The fourth-order valence-electron chi connectivity index (χ4n) is 3.23. The Labute approximate surface area is 144 Å². The minimum atomic E-state index is -0.112. The molecule has 130 valence electrons. The van der Waals surface area contributed by atoms with Crippen LogP contribution in [0.2, 0.25) is 0 Å². The molecule has 5 heteroatoms. The van der Waals surface area contributed by atoms with Gasteiger partial charge in [0.05, 0.1) is 13.2 Å². The van der Waals surface area contributed by atoms with Crippen LogP contribution < -0.4 is 10.6 Å². The number of nitrogens with zero attached hydrogens (tertiary/aromatic N) is 1. The van der Waals surface area contributed by atoms with Crippen LogP contribution >= 0.6 is 0 Å². The summed E-state index contributed by atoms with van der Waals surface area (Å²) in [5.74, 6) is 0.560. The van der Waals surface area contributed by atoms with Crippen molar-refractivity contribution in [3.05, 3.63) is 42.0 Å². The number of anilines is 1. The maximum absolute atomic E-state index is 12.2. The zero-order chi connectivity index (χ0) is 16.6. The van der Waals surface area contributed by atoms with Gasteiger partial charge in [-0.1, -0.05) is 30.4 Å². The highest BCUT2D eigenvalue weighted by Crippen LogP contribution is 2.19. The number of rotatable bonds is 5. The largest absolute Gasteiger partial charge is 0.379 e. The first kappa shape index (κ1) is 17.0. The highest BCUT2D eigenvalue weighted by Gasteiger charge is 2.15. The average Bonchev–Trinajstić information content (AvgIpc) is 2.63. The lowest BCUT2D eigenvalue weighted by Crippen LogP contribution is -2.36. The van der Waals surface area contributed by atoms with E-state index in [1.54, 1.807) is 0 Å². The Bertz CT molecular complexity index is 567. The summed E-state index contributed by atoms with van der Waals surface area (Å²) in [6.07, 6.45) is 7.78. The number of carbonyl (C=O) groups excluding carboxylic acids is 1. The summed E-state index contributed by atoms with van der Waals surface area (Å²) in [4.78, 5) is 14.6. The molecule has 0 radical (unpaired) electrons. The lowest BCUT2D eigenvalue weighted by Gasteiger charge is -2.27. The van der Waals surface area contributed by atoms with E-state index in [-0.39, 0.29) is 6.03 Å². The van der Waals surface area contributed by atoms with E-state index in [0.29, 0.717) is 5.92 Å². The molecule has 0 unspecified atom stereocenters. The summed E-state index contributed by atoms with van der Waals surface area (Å²) in [5.41, 5.74) is 2.04. The molecule has 1 heterocycles. The number of benzene rings is 1. The normalized spacial score (nSPS) is 21.4. The van der Waals surface area contributed by atoms with Crippen LogP contribution in [0.1, 0.15) is 24.8 Å². The van der Waals surface area contributed by atoms with Gasteiger partial charge in [0.15, 0.2) is 0 Å². The Morgan fingerprint density at radius 2 is 2.04 bits per heavy atom. The molecular formula is C19H27N3O2. The number of hydrogen-bond acceptors (Lipinski definition) is 3. The van der Waals surface area contributed by atoms with Gasteiger partial charge >= 0.3 is 6.03 Å². The predicted octanol–water partition coefficient (Wildman–Crippen LogP) is 3.00. The van der Waals surface area contributed by atoms with Crippen LogP contribution in [-0.2, 0) is 11.3 Å². The van der Waals surface area contributed by atoms with Crippen molar-refractivity contribution in [2.45, 2.75) is 25.8 Å². The number of allylic oxidation sites excluding steroid dienone is 2. The molecule has 5 nitrogen and oxygen atoms in total. The molecular weight excluding hydrogens is 302 g/mol. The number of para-hydroxylation sites is 1. The fraction of sp³-hybridized carbons (Fsp3) is 0.526. The third-order valence-electron chi connectivity index (χ3n) is 4.69. The van der Waals surface area contributed by atoms with Gasteiger partial charge in [0.2, 0.25) is 0 Å². The van der Waals surface area contributed by atoms with E-state index < -0.39 is 0 Å². The summed E-state index contributed by atoms with van der Waals surface area (Å²) in [5, 5.41) is 6.03. The molecule has 1 atom stereocenters. The molecule has 0 spiro atoms. The van der Waals surface area contributed by atoms with Gasteiger partial charge < -0.3 is 15.4 Å². The van der Waals surface area contributed by atoms with Crippen LogP contribution in [0.5, 0.6) is 0 Å². The third kappa shape index (κ3) is 5.08. The second-order valence-electron chi connectivity index (χ2n) is 6.53. The molecule has 0 bridgehead atoms. The Kier molecular flexibility index (Phi) is 6.26. The van der Waals surface area contributed by atoms with Crippen LogP contribution in [0.25, 0.3) is 0 Å². The van der Waals surface area contributed by atoms with Gasteiger partial charge in [0, 0.05) is 31.9 Å². The summed E-state index contributed by atoms with van der Waals surface area (Å²) in [6.45, 7) is 5.03. The molecule has 0 aromatic heterocycles. The van der Waals surface area contributed by atoms with Crippen molar-refractivity contribution in [2.75, 3.05) is 38.2 Å². The van der Waals surface area contributed by atoms with Crippen LogP contribution in [0.15, 0.2) is 36.4 Å². The van der Waals surface area contributed by atoms with Crippen molar-refractivity contribution in [3.63, 3.8) is 0 Å². The van der Waals surface area contributed by atoms with Gasteiger partial charge in [-0.15, -0.1) is 0 Å². The van der Waals surface area contributed by atoms with Crippen molar-refractivity contribution < 1.29 is 9.53 Å². The zero-order valence-corrected chi connectivity index (χ0v) is 14.2. The Morgan fingerprint density at radius 1 is 1.21 bits per heavy atom. The van der Waals surface area contributed by atoms with Crippen molar-refractivity contribution in [1.82, 2.24) is 10.2 Å². The molecule has 2 N–H and O–H groups in total. The average molecular weight is 329 g/mol. The number of nitrogens with one attached hydrogen (secondary N) is 2. The molecule has 1 saturated heterocycles. The number of morpholine rings is 1. The van der Waals surface area contributed by atoms with Crippen LogP contribution in [0.4, 0.5) is 10.5 Å². The lowest BCUT2D eigenvalue weighted by atomic mass is 9.94. The Hall–Kier alpha value is -1.85. The molecule has 1 aliphatic carbocycles. The van der Waals surface area contributed by atoms with Gasteiger partial charge in [-0.3, -0.25) is 4.90 Å². The Morgan fingerprint density at radius 3 is 2.83 bits per heavy atom. The van der Waals surface area contributed by atoms with Gasteiger partial charge in [-0.2, -0.15) is 0 Å². The summed E-state index contributed by atoms with van der Waals surface area (Å²) < 4.78 is 5.40. The van der Waals surface area contributed by atoms with Gasteiger partial charge in [-0.05, 0) is 36.8 Å². The first-order valence-electron chi connectivity index (χ1n) is 8.89. The third-order valence-corrected chi connectivity index (χ3v) is 4.69. The minimum absolute atomic E-state index is 0.112. The maximum Gasteiger partial charge on any atom is 0.319 e. The van der Waals surface area contributed by atoms with Crippen molar-refractivity contribution in [1.29, 1.82) is 0 Å². The van der Waals surface area contributed by atoms with E-state index in [0.717, 1.165) is 69.9 Å². The lowest BCUT2D eigenvalue weighted by molar-refractivity contribution is 0.0343. The number of hydrogen-bond donors (Lipinski definition) is 2. The van der Waals surface area contributed by atoms with Crippen LogP contribution in [0, 0.1) is 5.92 Å². The van der Waals surface area contributed by atoms with E-state index in [4.69, 9.17) is 4.74 Å². The van der Waals surface area contributed by atoms with E-state index in [2.05, 4.69) is 33.8 Å². The molecule has 2 aliphatic rings. The molecule has 0 saturated carbocycles. The molecule has 2 amide bonds. The number of amides is 2. The van der Waals surface area contributed by atoms with Crippen molar-refractivity contribution >= 4 is 11.7 Å². The first-order valence-corrected chi connectivity index (χ1v) is 8.89. The standard InChI is InChI=1S/C19H27N3O2/c23-19(20-14-16-6-2-1-3-7-16)21-18-9-5-4-8-17(18)15-22-10-12-24-13-11-22/h1-2,4-5,8-9,16H,3,6-7,10-15H2,(H2,20,21,23)/t16-/m1/s1. The van der Waals surface area contributed by atoms with Crippen LogP contribution in [0.3, 0.4) is 0 Å². The fourth-order valence-corrected chi connectivity index (χ4v) is 3.23. The maximum atomic E-state index is 12.2. The molecule has 1 aromatic rings. The molecule has 1 fully saturated rings. The monoisotopic (exact) mass is 329 g/mol. The minimum Gasteiger partial charge on any atom is -0.379 e. The highest BCUT2D eigenvalue weighted by atomic mass is 16.5. The van der Waals surface area contributed by atoms with E-state index in [9.17, 15) is 4.79 Å². The van der Waals surface area contributed by atoms with Crippen molar-refractivity contribution in [3.8, 4) is 0 Å². The summed E-state index contributed by atoms with van der Waals surface area (Å²) >= 11 is 0. The van der Waals surface area contributed by atoms with E-state index in [1.165, 1.54) is 0 Å². The first-order chi connectivity index (χ1) is 11.8. The predicted molar refractivity (Wildman–Crippen MR) is 96.0 cm³/mol.